The Balaban J connectivity index is 2.18. The number of ether oxygens (including phenoxy) is 1. The molecular formula is C15H18FNO3. The van der Waals surface area contributed by atoms with Crippen molar-refractivity contribution in [1.82, 2.24) is 4.90 Å². The molecule has 1 atom stereocenters. The Labute approximate surface area is 117 Å². The van der Waals surface area contributed by atoms with Gasteiger partial charge in [0.15, 0.2) is 0 Å². The summed E-state index contributed by atoms with van der Waals surface area (Å²) in [7, 11) is 0. The smallest absolute Gasteiger partial charge is 0.328 e. The quantitative estimate of drug-likeness (QED) is 0.798. The Kier molecular flexibility index (Phi) is 4.37. The Morgan fingerprint density at radius 1 is 1.45 bits per heavy atom. The van der Waals surface area contributed by atoms with E-state index in [1.807, 2.05) is 0 Å². The minimum absolute atomic E-state index is 0.247. The van der Waals surface area contributed by atoms with Crippen LogP contribution in [0.3, 0.4) is 0 Å². The van der Waals surface area contributed by atoms with Crippen LogP contribution in [0.15, 0.2) is 18.2 Å². The van der Waals surface area contributed by atoms with Gasteiger partial charge in [-0.1, -0.05) is 0 Å². The third kappa shape index (κ3) is 2.81. The normalized spacial score (nSPS) is 18.1. The van der Waals surface area contributed by atoms with E-state index in [4.69, 9.17) is 4.74 Å². The van der Waals surface area contributed by atoms with Crippen molar-refractivity contribution in [3.8, 4) is 0 Å². The molecule has 1 amide bonds. The lowest BCUT2D eigenvalue weighted by molar-refractivity contribution is -0.147. The number of carbonyl (C=O) groups excluding carboxylic acids is 2. The number of halogens is 1. The predicted molar refractivity (Wildman–Crippen MR) is 71.8 cm³/mol. The highest BCUT2D eigenvalue weighted by atomic mass is 19.1. The van der Waals surface area contributed by atoms with Crippen molar-refractivity contribution in [3.05, 3.63) is 35.1 Å². The molecule has 1 aliphatic rings. The molecule has 1 aromatic carbocycles. The number of carbonyl (C=O) groups is 2. The van der Waals surface area contributed by atoms with E-state index >= 15 is 0 Å². The summed E-state index contributed by atoms with van der Waals surface area (Å²) < 4.78 is 18.2. The molecule has 0 spiro atoms. The third-order valence-corrected chi connectivity index (χ3v) is 3.48. The summed E-state index contributed by atoms with van der Waals surface area (Å²) in [6.45, 7) is 4.17. The first-order valence-corrected chi connectivity index (χ1v) is 6.78. The van der Waals surface area contributed by atoms with Crippen LogP contribution in [0.4, 0.5) is 4.39 Å². The van der Waals surface area contributed by atoms with Gasteiger partial charge in [0.25, 0.3) is 5.91 Å². The lowest BCUT2D eigenvalue weighted by atomic mass is 10.1. The molecule has 20 heavy (non-hydrogen) atoms. The maximum absolute atomic E-state index is 13.2. The van der Waals surface area contributed by atoms with Crippen molar-refractivity contribution in [1.29, 1.82) is 0 Å². The largest absolute Gasteiger partial charge is 0.464 e. The van der Waals surface area contributed by atoms with Gasteiger partial charge >= 0.3 is 5.97 Å². The zero-order valence-corrected chi connectivity index (χ0v) is 11.7. The Bertz CT molecular complexity index is 530. The van der Waals surface area contributed by atoms with E-state index in [1.54, 1.807) is 13.8 Å². The monoisotopic (exact) mass is 279 g/mol. The van der Waals surface area contributed by atoms with Crippen LogP contribution in [0.5, 0.6) is 0 Å². The van der Waals surface area contributed by atoms with Crippen molar-refractivity contribution in [2.45, 2.75) is 32.7 Å². The van der Waals surface area contributed by atoms with E-state index in [2.05, 4.69) is 0 Å². The number of aryl methyl sites for hydroxylation is 1. The SMILES string of the molecule is CCOC(=O)C1CCCN1C(=O)c1ccc(F)c(C)c1. The summed E-state index contributed by atoms with van der Waals surface area (Å²) in [4.78, 5) is 25.8. The van der Waals surface area contributed by atoms with Gasteiger partial charge in [-0.3, -0.25) is 4.79 Å². The summed E-state index contributed by atoms with van der Waals surface area (Å²) in [5.41, 5.74) is 0.822. The average molecular weight is 279 g/mol. The Hall–Kier alpha value is -1.91. The highest BCUT2D eigenvalue weighted by molar-refractivity contribution is 5.97. The Morgan fingerprint density at radius 3 is 2.85 bits per heavy atom. The molecule has 0 radical (unpaired) electrons. The van der Waals surface area contributed by atoms with Gasteiger partial charge < -0.3 is 9.64 Å². The van der Waals surface area contributed by atoms with Gasteiger partial charge in [-0.25, -0.2) is 9.18 Å². The Morgan fingerprint density at radius 2 is 2.20 bits per heavy atom. The average Bonchev–Trinajstić information content (AvgIpc) is 2.90. The molecule has 1 aromatic rings. The first kappa shape index (κ1) is 14.5. The lowest BCUT2D eigenvalue weighted by Gasteiger charge is -2.23. The number of esters is 1. The predicted octanol–water partition coefficient (Wildman–Crippen LogP) is 2.30. The van der Waals surface area contributed by atoms with Gasteiger partial charge in [-0.05, 0) is 50.5 Å². The number of likely N-dealkylation sites (tertiary alicyclic amines) is 1. The summed E-state index contributed by atoms with van der Waals surface area (Å²) in [5, 5.41) is 0. The first-order valence-electron chi connectivity index (χ1n) is 6.78. The first-order chi connectivity index (χ1) is 9.54. The lowest BCUT2D eigenvalue weighted by Crippen LogP contribution is -2.41. The number of nitrogens with zero attached hydrogens (tertiary/aromatic N) is 1. The van der Waals surface area contributed by atoms with Crippen molar-refractivity contribution in [2.24, 2.45) is 0 Å². The molecule has 0 aliphatic carbocycles. The summed E-state index contributed by atoms with van der Waals surface area (Å²) in [6, 6.07) is 3.72. The maximum atomic E-state index is 13.2. The highest BCUT2D eigenvalue weighted by Crippen LogP contribution is 2.22. The molecule has 1 aliphatic heterocycles. The molecule has 108 valence electrons. The summed E-state index contributed by atoms with van der Waals surface area (Å²) in [5.74, 6) is -0.953. The van der Waals surface area contributed by atoms with Gasteiger partial charge in [0.2, 0.25) is 0 Å². The second-order valence-electron chi connectivity index (χ2n) is 4.87. The molecule has 0 bridgehead atoms. The standard InChI is InChI=1S/C15H18FNO3/c1-3-20-15(19)13-5-4-8-17(13)14(18)11-6-7-12(16)10(2)9-11/h6-7,9,13H,3-5,8H2,1-2H3. The molecule has 5 heteroatoms. The minimum atomic E-state index is -0.521. The number of rotatable bonds is 3. The molecular weight excluding hydrogens is 261 g/mol. The molecule has 1 fully saturated rings. The second kappa shape index (κ2) is 6.03. The van der Waals surface area contributed by atoms with E-state index < -0.39 is 6.04 Å². The van der Waals surface area contributed by atoms with Crippen LogP contribution in [-0.4, -0.2) is 36.0 Å². The van der Waals surface area contributed by atoms with Gasteiger partial charge in [-0.15, -0.1) is 0 Å². The number of hydrogen-bond acceptors (Lipinski definition) is 3. The van der Waals surface area contributed by atoms with Crippen LogP contribution >= 0.6 is 0 Å². The van der Waals surface area contributed by atoms with E-state index in [0.717, 1.165) is 6.42 Å². The fourth-order valence-electron chi connectivity index (χ4n) is 2.44. The van der Waals surface area contributed by atoms with E-state index in [9.17, 15) is 14.0 Å². The van der Waals surface area contributed by atoms with Gasteiger partial charge in [0, 0.05) is 12.1 Å². The van der Waals surface area contributed by atoms with Crippen LogP contribution in [0.2, 0.25) is 0 Å². The van der Waals surface area contributed by atoms with Crippen molar-refractivity contribution in [2.75, 3.05) is 13.2 Å². The zero-order valence-electron chi connectivity index (χ0n) is 11.7. The maximum Gasteiger partial charge on any atom is 0.328 e. The number of hydrogen-bond donors (Lipinski definition) is 0. The number of amides is 1. The van der Waals surface area contributed by atoms with Crippen molar-refractivity contribution in [3.63, 3.8) is 0 Å². The van der Waals surface area contributed by atoms with Crippen molar-refractivity contribution >= 4 is 11.9 Å². The molecule has 1 heterocycles. The van der Waals surface area contributed by atoms with Gasteiger partial charge in [-0.2, -0.15) is 0 Å². The van der Waals surface area contributed by atoms with Crippen LogP contribution in [-0.2, 0) is 9.53 Å². The van der Waals surface area contributed by atoms with Crippen LogP contribution < -0.4 is 0 Å². The second-order valence-corrected chi connectivity index (χ2v) is 4.87. The van der Waals surface area contributed by atoms with Gasteiger partial charge in [0.1, 0.15) is 11.9 Å². The molecule has 2 rings (SSSR count). The molecule has 1 unspecified atom stereocenters. The van der Waals surface area contributed by atoms with E-state index in [-0.39, 0.29) is 17.7 Å². The minimum Gasteiger partial charge on any atom is -0.464 e. The molecule has 4 nitrogen and oxygen atoms in total. The molecule has 1 saturated heterocycles. The highest BCUT2D eigenvalue weighted by Gasteiger charge is 2.35. The van der Waals surface area contributed by atoms with Crippen LogP contribution in [0, 0.1) is 12.7 Å². The summed E-state index contributed by atoms with van der Waals surface area (Å²) >= 11 is 0. The van der Waals surface area contributed by atoms with Crippen LogP contribution in [0.1, 0.15) is 35.7 Å². The molecule has 0 saturated carbocycles. The molecule has 0 N–H and O–H groups in total. The zero-order chi connectivity index (χ0) is 14.7. The third-order valence-electron chi connectivity index (χ3n) is 3.48. The van der Waals surface area contributed by atoms with Crippen LogP contribution in [0.25, 0.3) is 0 Å². The molecule has 0 aromatic heterocycles. The van der Waals surface area contributed by atoms with E-state index in [0.29, 0.717) is 30.7 Å². The number of benzene rings is 1. The summed E-state index contributed by atoms with van der Waals surface area (Å²) in [6.07, 6.45) is 1.39. The fraction of sp³-hybridized carbons (Fsp3) is 0.467. The van der Waals surface area contributed by atoms with Crippen molar-refractivity contribution < 1.29 is 18.7 Å². The fourth-order valence-corrected chi connectivity index (χ4v) is 2.44. The topological polar surface area (TPSA) is 46.6 Å². The van der Waals surface area contributed by atoms with Gasteiger partial charge in [0.05, 0.1) is 6.61 Å². The van der Waals surface area contributed by atoms with E-state index in [1.165, 1.54) is 23.1 Å².